The molecule has 4 heteroatoms. The van der Waals surface area contributed by atoms with Crippen LogP contribution in [0.4, 0.5) is 0 Å². The van der Waals surface area contributed by atoms with Gasteiger partial charge in [-0.3, -0.25) is 4.79 Å². The normalized spacial score (nSPS) is 16.5. The van der Waals surface area contributed by atoms with Crippen LogP contribution in [0.3, 0.4) is 0 Å². The van der Waals surface area contributed by atoms with Gasteiger partial charge in [-0.15, -0.1) is 0 Å². The highest BCUT2D eigenvalue weighted by molar-refractivity contribution is 5.80. The van der Waals surface area contributed by atoms with Gasteiger partial charge in [0.25, 0.3) is 0 Å². The zero-order chi connectivity index (χ0) is 10.6. The Kier molecular flexibility index (Phi) is 4.36. The van der Waals surface area contributed by atoms with Crippen molar-refractivity contribution in [2.75, 3.05) is 7.05 Å². The van der Waals surface area contributed by atoms with E-state index in [4.69, 9.17) is 0 Å². The first-order valence-corrected chi connectivity index (χ1v) is 4.49. The second-order valence-corrected chi connectivity index (χ2v) is 3.88. The van der Waals surface area contributed by atoms with E-state index in [-0.39, 0.29) is 18.0 Å². The molecule has 0 heterocycles. The largest absolute Gasteiger partial charge is 0.389 e. The summed E-state index contributed by atoms with van der Waals surface area (Å²) in [6.07, 6.45) is 0. The van der Waals surface area contributed by atoms with Gasteiger partial charge >= 0.3 is 0 Å². The molecule has 2 unspecified atom stereocenters. The molecule has 1 amide bonds. The first-order chi connectivity index (χ1) is 5.79. The lowest BCUT2D eigenvalue weighted by molar-refractivity contribution is -0.122. The maximum atomic E-state index is 11.1. The van der Waals surface area contributed by atoms with E-state index in [1.807, 2.05) is 6.92 Å². The molecule has 0 spiro atoms. The molecule has 78 valence electrons. The van der Waals surface area contributed by atoms with Gasteiger partial charge < -0.3 is 15.7 Å². The SMILES string of the molecule is CNC(=O)C(C)NC(C)C(C)(C)O. The Hall–Kier alpha value is -0.610. The summed E-state index contributed by atoms with van der Waals surface area (Å²) in [6, 6.07) is -0.411. The molecule has 0 saturated carbocycles. The van der Waals surface area contributed by atoms with Crippen molar-refractivity contribution in [3.8, 4) is 0 Å². The summed E-state index contributed by atoms with van der Waals surface area (Å²) in [6.45, 7) is 7.03. The minimum Gasteiger partial charge on any atom is -0.389 e. The van der Waals surface area contributed by atoms with Crippen molar-refractivity contribution in [1.29, 1.82) is 0 Å². The minimum atomic E-state index is -0.817. The summed E-state index contributed by atoms with van der Waals surface area (Å²) < 4.78 is 0. The molecule has 4 nitrogen and oxygen atoms in total. The lowest BCUT2D eigenvalue weighted by Crippen LogP contribution is -2.52. The van der Waals surface area contributed by atoms with E-state index in [1.165, 1.54) is 0 Å². The van der Waals surface area contributed by atoms with Gasteiger partial charge in [-0.25, -0.2) is 0 Å². The van der Waals surface area contributed by atoms with E-state index in [0.717, 1.165) is 0 Å². The van der Waals surface area contributed by atoms with Crippen LogP contribution in [0.25, 0.3) is 0 Å². The van der Waals surface area contributed by atoms with Crippen LogP contribution in [0.5, 0.6) is 0 Å². The topological polar surface area (TPSA) is 61.4 Å². The van der Waals surface area contributed by atoms with Crippen LogP contribution in [0.1, 0.15) is 27.7 Å². The number of nitrogens with one attached hydrogen (secondary N) is 2. The van der Waals surface area contributed by atoms with E-state index in [1.54, 1.807) is 27.8 Å². The van der Waals surface area contributed by atoms with Gasteiger partial charge in [0.2, 0.25) is 5.91 Å². The molecule has 0 aromatic rings. The van der Waals surface area contributed by atoms with Crippen LogP contribution >= 0.6 is 0 Å². The third-order valence-electron chi connectivity index (χ3n) is 2.20. The molecule has 0 rings (SSSR count). The molecule has 2 atom stereocenters. The standard InChI is InChI=1S/C9H20N2O2/c1-6(8(12)10-5)11-7(2)9(3,4)13/h6-7,11,13H,1-5H3,(H,10,12). The highest BCUT2D eigenvalue weighted by Crippen LogP contribution is 2.07. The molecule has 0 aromatic carbocycles. The summed E-state index contributed by atoms with van der Waals surface area (Å²) >= 11 is 0. The van der Waals surface area contributed by atoms with Gasteiger partial charge in [0.1, 0.15) is 0 Å². The van der Waals surface area contributed by atoms with Crippen LogP contribution in [0, 0.1) is 0 Å². The van der Waals surface area contributed by atoms with E-state index >= 15 is 0 Å². The number of carbonyl (C=O) groups is 1. The van der Waals surface area contributed by atoms with Crippen molar-refractivity contribution in [2.45, 2.75) is 45.4 Å². The number of carbonyl (C=O) groups excluding carboxylic acids is 1. The number of hydrogen-bond donors (Lipinski definition) is 3. The molecule has 0 aliphatic heterocycles. The minimum absolute atomic E-state index is 0.0731. The predicted octanol–water partition coefficient (Wildman–Crippen LogP) is -0.130. The first-order valence-electron chi connectivity index (χ1n) is 4.49. The summed E-state index contributed by atoms with van der Waals surface area (Å²) in [5.41, 5.74) is -0.817. The van der Waals surface area contributed by atoms with Crippen LogP contribution in [0.2, 0.25) is 0 Å². The number of hydrogen-bond acceptors (Lipinski definition) is 3. The van der Waals surface area contributed by atoms with Crippen LogP contribution in [0.15, 0.2) is 0 Å². The molecular weight excluding hydrogens is 168 g/mol. The molecular formula is C9H20N2O2. The Morgan fingerprint density at radius 3 is 2.15 bits per heavy atom. The van der Waals surface area contributed by atoms with E-state index < -0.39 is 5.60 Å². The lowest BCUT2D eigenvalue weighted by atomic mass is 10.00. The van der Waals surface area contributed by atoms with Crippen LogP contribution in [-0.2, 0) is 4.79 Å². The molecule has 0 aromatic heterocycles. The molecule has 0 aliphatic rings. The third kappa shape index (κ3) is 4.24. The van der Waals surface area contributed by atoms with E-state index in [0.29, 0.717) is 0 Å². The van der Waals surface area contributed by atoms with Gasteiger partial charge in [0.15, 0.2) is 0 Å². The van der Waals surface area contributed by atoms with Gasteiger partial charge in [0.05, 0.1) is 11.6 Å². The Balaban J connectivity index is 4.06. The summed E-state index contributed by atoms with van der Waals surface area (Å²) in [5, 5.41) is 15.1. The smallest absolute Gasteiger partial charge is 0.236 e. The van der Waals surface area contributed by atoms with Gasteiger partial charge in [0, 0.05) is 13.1 Å². The van der Waals surface area contributed by atoms with E-state index in [9.17, 15) is 9.90 Å². The Morgan fingerprint density at radius 2 is 1.85 bits per heavy atom. The van der Waals surface area contributed by atoms with E-state index in [2.05, 4.69) is 10.6 Å². The Bertz CT molecular complexity index is 175. The monoisotopic (exact) mass is 188 g/mol. The van der Waals surface area contributed by atoms with Crippen molar-refractivity contribution in [3.05, 3.63) is 0 Å². The predicted molar refractivity (Wildman–Crippen MR) is 52.4 cm³/mol. The summed E-state index contributed by atoms with van der Waals surface area (Å²) in [5.74, 6) is -0.0731. The number of amides is 1. The number of aliphatic hydroxyl groups is 1. The lowest BCUT2D eigenvalue weighted by Gasteiger charge is -2.29. The number of rotatable bonds is 4. The number of likely N-dealkylation sites (N-methyl/N-ethyl adjacent to an activating group) is 1. The fourth-order valence-corrected chi connectivity index (χ4v) is 0.871. The summed E-state index contributed by atoms with van der Waals surface area (Å²) in [7, 11) is 1.59. The molecule has 13 heavy (non-hydrogen) atoms. The summed E-state index contributed by atoms with van der Waals surface area (Å²) in [4.78, 5) is 11.1. The Labute approximate surface area is 79.7 Å². The van der Waals surface area contributed by atoms with Gasteiger partial charge in [-0.2, -0.15) is 0 Å². The highest BCUT2D eigenvalue weighted by Gasteiger charge is 2.25. The zero-order valence-electron chi connectivity index (χ0n) is 9.01. The van der Waals surface area contributed by atoms with Gasteiger partial charge in [-0.1, -0.05) is 0 Å². The second-order valence-electron chi connectivity index (χ2n) is 3.88. The highest BCUT2D eigenvalue weighted by atomic mass is 16.3. The van der Waals surface area contributed by atoms with Crippen molar-refractivity contribution in [2.24, 2.45) is 0 Å². The third-order valence-corrected chi connectivity index (χ3v) is 2.20. The van der Waals surface area contributed by atoms with Gasteiger partial charge in [-0.05, 0) is 27.7 Å². The maximum Gasteiger partial charge on any atom is 0.236 e. The van der Waals surface area contributed by atoms with Crippen LogP contribution in [-0.4, -0.2) is 35.7 Å². The molecule has 0 aliphatic carbocycles. The van der Waals surface area contributed by atoms with Crippen LogP contribution < -0.4 is 10.6 Å². The average Bonchev–Trinajstić information content (AvgIpc) is 2.01. The molecule has 3 N–H and O–H groups in total. The first kappa shape index (κ1) is 12.4. The quantitative estimate of drug-likeness (QED) is 0.576. The van der Waals surface area contributed by atoms with Crippen molar-refractivity contribution in [3.63, 3.8) is 0 Å². The maximum absolute atomic E-state index is 11.1. The average molecular weight is 188 g/mol. The molecule has 0 saturated heterocycles. The molecule has 0 bridgehead atoms. The van der Waals surface area contributed by atoms with Crippen molar-refractivity contribution in [1.82, 2.24) is 10.6 Å². The zero-order valence-corrected chi connectivity index (χ0v) is 9.01. The second kappa shape index (κ2) is 4.58. The molecule has 0 fully saturated rings. The van der Waals surface area contributed by atoms with Crippen molar-refractivity contribution < 1.29 is 9.90 Å². The molecule has 0 radical (unpaired) electrons. The fraction of sp³-hybridized carbons (Fsp3) is 0.889. The fourth-order valence-electron chi connectivity index (χ4n) is 0.871. The van der Waals surface area contributed by atoms with Crippen molar-refractivity contribution >= 4 is 5.91 Å². The Morgan fingerprint density at radius 1 is 1.38 bits per heavy atom.